The molecule has 0 aromatic heterocycles. The Morgan fingerprint density at radius 2 is 1.86 bits per heavy atom. The van der Waals surface area contributed by atoms with Crippen LogP contribution in [0.15, 0.2) is 0 Å². The van der Waals surface area contributed by atoms with Gasteiger partial charge in [-0.25, -0.2) is 0 Å². The van der Waals surface area contributed by atoms with E-state index in [2.05, 4.69) is 0 Å². The van der Waals surface area contributed by atoms with Gasteiger partial charge in [0.05, 0.1) is 8.07 Å². The van der Waals surface area contributed by atoms with Crippen LogP contribution in [-0.2, 0) is 0 Å². The smallest absolute Gasteiger partial charge is 0.264 e. The predicted molar refractivity (Wildman–Crippen MR) is 53.3 cm³/mol. The van der Waals surface area contributed by atoms with E-state index in [9.17, 15) is 20.2 Å². The van der Waals surface area contributed by atoms with Crippen LogP contribution in [0.3, 0.4) is 0 Å². The fourth-order valence-electron chi connectivity index (χ4n) is 2.39. The molecule has 7 heteroatoms. The van der Waals surface area contributed by atoms with Gasteiger partial charge in [0.15, 0.2) is 0 Å². The van der Waals surface area contributed by atoms with Crippen molar-refractivity contribution in [2.45, 2.75) is 43.7 Å². The molecule has 1 fully saturated rings. The highest BCUT2D eigenvalue weighted by molar-refractivity contribution is 6.78. The van der Waals surface area contributed by atoms with Crippen molar-refractivity contribution >= 4 is 8.07 Å². The molecule has 1 rings (SSSR count). The van der Waals surface area contributed by atoms with Gasteiger partial charge in [0.25, 0.3) is 11.6 Å². The third kappa shape index (κ3) is 1.63. The zero-order chi connectivity index (χ0) is 11.1. The third-order valence-electron chi connectivity index (χ3n) is 2.97. The number of hydrogen-bond donors (Lipinski definition) is 0. The summed E-state index contributed by atoms with van der Waals surface area (Å²) in [5.74, 6) is 0. The van der Waals surface area contributed by atoms with E-state index in [-0.39, 0.29) is 0 Å². The van der Waals surface area contributed by atoms with Crippen molar-refractivity contribution in [3.63, 3.8) is 0 Å². The molecule has 0 aliphatic carbocycles. The van der Waals surface area contributed by atoms with Crippen molar-refractivity contribution in [2.75, 3.05) is 0 Å². The van der Waals surface area contributed by atoms with Crippen LogP contribution < -0.4 is 0 Å². The topological polar surface area (TPSA) is 86.3 Å². The van der Waals surface area contributed by atoms with E-state index in [1.165, 1.54) is 6.92 Å². The Labute approximate surface area is 82.6 Å². The summed E-state index contributed by atoms with van der Waals surface area (Å²) < 4.78 is 0. The maximum absolute atomic E-state index is 10.8. The summed E-state index contributed by atoms with van der Waals surface area (Å²) in [5, 5.41) is 21.6. The lowest BCUT2D eigenvalue weighted by Gasteiger charge is -2.17. The monoisotopic (exact) mass is 218 g/mol. The van der Waals surface area contributed by atoms with Gasteiger partial charge in [0.2, 0.25) is 0 Å². The van der Waals surface area contributed by atoms with Gasteiger partial charge in [-0.05, 0) is 0 Å². The summed E-state index contributed by atoms with van der Waals surface area (Å²) in [5.41, 5.74) is -1.35. The van der Waals surface area contributed by atoms with E-state index in [0.29, 0.717) is 12.1 Å². The molecule has 0 aromatic rings. The summed E-state index contributed by atoms with van der Waals surface area (Å²) in [7, 11) is -1.75. The normalized spacial score (nSPS) is 35.5. The van der Waals surface area contributed by atoms with Crippen molar-refractivity contribution in [2.24, 2.45) is 0 Å². The molecule has 0 spiro atoms. The summed E-state index contributed by atoms with van der Waals surface area (Å²) in [6.45, 7) is 5.35. The molecule has 14 heavy (non-hydrogen) atoms. The average Bonchev–Trinajstić information content (AvgIpc) is 2.22. The molecule has 0 amide bonds. The first-order valence-electron chi connectivity index (χ1n) is 4.47. The summed E-state index contributed by atoms with van der Waals surface area (Å²) in [4.78, 5) is 20.6. The summed E-state index contributed by atoms with van der Waals surface area (Å²) >= 11 is 0. The zero-order valence-corrected chi connectivity index (χ0v) is 9.52. The quantitative estimate of drug-likeness (QED) is 0.398. The number of nitro groups is 2. The molecular weight excluding hydrogens is 204 g/mol. The van der Waals surface area contributed by atoms with Crippen LogP contribution in [0.25, 0.3) is 0 Å². The van der Waals surface area contributed by atoms with E-state index >= 15 is 0 Å². The maximum Gasteiger partial charge on any atom is 0.282 e. The first kappa shape index (κ1) is 11.1. The first-order chi connectivity index (χ1) is 6.19. The van der Waals surface area contributed by atoms with Crippen LogP contribution in [0.5, 0.6) is 0 Å². The van der Waals surface area contributed by atoms with E-state index in [4.69, 9.17) is 0 Å². The lowest BCUT2D eigenvalue weighted by molar-refractivity contribution is -0.640. The van der Waals surface area contributed by atoms with Gasteiger partial charge in [0, 0.05) is 28.9 Å². The molecule has 0 bridgehead atoms. The van der Waals surface area contributed by atoms with Crippen molar-refractivity contribution in [3.8, 4) is 0 Å². The lowest BCUT2D eigenvalue weighted by Crippen LogP contribution is -2.45. The molecule has 0 aromatic carbocycles. The van der Waals surface area contributed by atoms with Gasteiger partial charge in [-0.3, -0.25) is 20.2 Å². The molecule has 0 radical (unpaired) electrons. The zero-order valence-electron chi connectivity index (χ0n) is 8.52. The molecule has 0 saturated carbocycles. The second-order valence-corrected chi connectivity index (χ2v) is 10.1. The molecule has 1 heterocycles. The number of rotatable bonds is 2. The van der Waals surface area contributed by atoms with Crippen LogP contribution in [-0.4, -0.2) is 29.5 Å². The Morgan fingerprint density at radius 3 is 2.14 bits per heavy atom. The van der Waals surface area contributed by atoms with Gasteiger partial charge in [-0.15, -0.1) is 0 Å². The molecule has 0 N–H and O–H groups in total. The van der Waals surface area contributed by atoms with Crippen molar-refractivity contribution in [3.05, 3.63) is 20.2 Å². The fraction of sp³-hybridized carbons (Fsp3) is 1.00. The van der Waals surface area contributed by atoms with Crippen molar-refractivity contribution in [1.82, 2.24) is 0 Å². The van der Waals surface area contributed by atoms with Crippen molar-refractivity contribution in [1.29, 1.82) is 0 Å². The molecule has 80 valence electrons. The second-order valence-electron chi connectivity index (χ2n) is 4.96. The Bertz CT molecular complexity index is 293. The average molecular weight is 218 g/mol. The Morgan fingerprint density at radius 1 is 1.36 bits per heavy atom. The van der Waals surface area contributed by atoms with Crippen molar-refractivity contribution < 1.29 is 9.85 Å². The lowest BCUT2D eigenvalue weighted by atomic mass is 9.98. The second kappa shape index (κ2) is 3.01. The van der Waals surface area contributed by atoms with E-state index in [1.807, 2.05) is 13.1 Å². The Kier molecular flexibility index (Phi) is 2.38. The summed E-state index contributed by atoms with van der Waals surface area (Å²) in [6.07, 6.45) is 0. The molecular formula is C7H14N2O4Si. The minimum absolute atomic E-state index is 0.401. The van der Waals surface area contributed by atoms with E-state index < -0.39 is 29.5 Å². The highest BCUT2D eigenvalue weighted by Crippen LogP contribution is 2.41. The first-order valence-corrected chi connectivity index (χ1v) is 7.88. The SMILES string of the molecule is C[C@]1([N+](=O)[O-])C[Si](C)(C)C[C@@H]1[N+](=O)[O-]. The van der Waals surface area contributed by atoms with Gasteiger partial charge in [0.1, 0.15) is 0 Å². The number of nitrogens with zero attached hydrogens (tertiary/aromatic N) is 2. The number of hydrogen-bond acceptors (Lipinski definition) is 4. The minimum Gasteiger partial charge on any atom is -0.264 e. The van der Waals surface area contributed by atoms with Crippen LogP contribution in [0.2, 0.25) is 25.2 Å². The maximum atomic E-state index is 10.8. The highest BCUT2D eigenvalue weighted by atomic mass is 28.3. The molecule has 1 aliphatic rings. The third-order valence-corrected chi connectivity index (χ3v) is 6.14. The van der Waals surface area contributed by atoms with E-state index in [1.54, 1.807) is 0 Å². The Hall–Kier alpha value is -0.983. The largest absolute Gasteiger partial charge is 0.282 e. The minimum atomic E-state index is -1.75. The molecule has 2 atom stereocenters. The highest BCUT2D eigenvalue weighted by Gasteiger charge is 2.64. The van der Waals surface area contributed by atoms with Gasteiger partial charge < -0.3 is 0 Å². The molecule has 0 unspecified atom stereocenters. The fourth-order valence-corrected chi connectivity index (χ4v) is 6.47. The predicted octanol–water partition coefficient (Wildman–Crippen LogP) is 1.39. The molecule has 1 saturated heterocycles. The van der Waals surface area contributed by atoms with E-state index in [0.717, 1.165) is 0 Å². The van der Waals surface area contributed by atoms with Gasteiger partial charge in [-0.2, -0.15) is 0 Å². The molecule has 6 nitrogen and oxygen atoms in total. The summed E-state index contributed by atoms with van der Waals surface area (Å²) in [6, 6.07) is -0.185. The standard InChI is InChI=1S/C7H14N2O4Si/c1-7(9(12)13)5-14(2,3)4-6(7)8(10)11/h6H,4-5H2,1-3H3/t6-,7-/m0/s1. The van der Waals surface area contributed by atoms with Gasteiger partial charge in [-0.1, -0.05) is 13.1 Å². The van der Waals surface area contributed by atoms with Crippen LogP contribution in [0, 0.1) is 20.2 Å². The van der Waals surface area contributed by atoms with Crippen LogP contribution in [0.4, 0.5) is 0 Å². The van der Waals surface area contributed by atoms with Gasteiger partial charge >= 0.3 is 0 Å². The van der Waals surface area contributed by atoms with Crippen LogP contribution in [0.1, 0.15) is 6.92 Å². The Balaban J connectivity index is 3.05. The van der Waals surface area contributed by atoms with Crippen LogP contribution >= 0.6 is 0 Å². The molecule has 1 aliphatic heterocycles.